The van der Waals surface area contributed by atoms with E-state index in [1.165, 1.54) is 25.1 Å². The van der Waals surface area contributed by atoms with Gasteiger partial charge in [-0.1, -0.05) is 48.5 Å². The topological polar surface area (TPSA) is 81.8 Å². The van der Waals surface area contributed by atoms with Crippen LogP contribution >= 0.6 is 0 Å². The molecule has 0 saturated heterocycles. The van der Waals surface area contributed by atoms with Crippen molar-refractivity contribution >= 4 is 11.7 Å². The number of esters is 1. The maximum Gasteiger partial charge on any atom is 0.416 e. The molecule has 0 spiro atoms. The van der Waals surface area contributed by atoms with Crippen molar-refractivity contribution in [2.75, 3.05) is 6.61 Å². The Kier molecular flexibility index (Phi) is 6.76. The molecule has 0 fully saturated rings. The molecule has 2 unspecified atom stereocenters. The Morgan fingerprint density at radius 1 is 1.12 bits per heavy atom. The number of halogens is 3. The summed E-state index contributed by atoms with van der Waals surface area (Å²) >= 11 is 0. The summed E-state index contributed by atoms with van der Waals surface area (Å²) in [6.45, 7) is 3.01. The lowest BCUT2D eigenvalue weighted by Gasteiger charge is -2.30. The molecule has 9 heteroatoms. The van der Waals surface area contributed by atoms with Crippen molar-refractivity contribution in [1.29, 1.82) is 0 Å². The molecule has 168 valence electrons. The monoisotopic (exact) mass is 446 g/mol. The van der Waals surface area contributed by atoms with Crippen molar-refractivity contribution in [2.45, 2.75) is 32.4 Å². The van der Waals surface area contributed by atoms with Crippen LogP contribution in [0.4, 0.5) is 13.2 Å². The highest BCUT2D eigenvalue weighted by molar-refractivity contribution is 6.03. The molecule has 0 aliphatic carbocycles. The van der Waals surface area contributed by atoms with Gasteiger partial charge in [-0.15, -0.1) is 0 Å². The van der Waals surface area contributed by atoms with Gasteiger partial charge in [-0.3, -0.25) is 19.9 Å². The number of benzene rings is 2. The second kappa shape index (κ2) is 9.33. The summed E-state index contributed by atoms with van der Waals surface area (Å²) in [4.78, 5) is 28.5. The smallest absolute Gasteiger partial charge is 0.416 e. The molecule has 0 bridgehead atoms. The summed E-state index contributed by atoms with van der Waals surface area (Å²) in [5.74, 6) is -3.70. The first kappa shape index (κ1) is 23.2. The minimum absolute atomic E-state index is 0.0150. The number of aliphatic imine (C=N–C) groups is 1. The summed E-state index contributed by atoms with van der Waals surface area (Å²) in [6, 6.07) is 13.4. The molecule has 0 radical (unpaired) electrons. The number of rotatable bonds is 6. The summed E-state index contributed by atoms with van der Waals surface area (Å²) in [6.07, 6.45) is -4.73. The van der Waals surface area contributed by atoms with Crippen molar-refractivity contribution in [1.82, 2.24) is 0 Å². The Hall–Kier alpha value is -3.49. The van der Waals surface area contributed by atoms with E-state index in [0.717, 1.165) is 6.07 Å². The van der Waals surface area contributed by atoms with E-state index in [4.69, 9.17) is 4.74 Å². The fourth-order valence-electron chi connectivity index (χ4n) is 3.95. The van der Waals surface area contributed by atoms with Crippen molar-refractivity contribution in [3.8, 4) is 0 Å². The highest BCUT2D eigenvalue weighted by Gasteiger charge is 2.49. The lowest BCUT2D eigenvalue weighted by Crippen LogP contribution is -2.37. The summed E-state index contributed by atoms with van der Waals surface area (Å²) in [5.41, 5.74) is -1.04. The highest BCUT2D eigenvalue weighted by Crippen LogP contribution is 2.45. The Morgan fingerprint density at radius 2 is 1.75 bits per heavy atom. The Bertz CT molecular complexity index is 1080. The van der Waals surface area contributed by atoms with Gasteiger partial charge in [0.1, 0.15) is 11.6 Å². The molecule has 2 atom stereocenters. The van der Waals surface area contributed by atoms with Crippen LogP contribution in [0.25, 0.3) is 0 Å². The quantitative estimate of drug-likeness (QED) is 0.348. The molecular formula is C23H21F3N2O4. The first-order valence-electron chi connectivity index (χ1n) is 9.94. The van der Waals surface area contributed by atoms with Crippen LogP contribution in [0.3, 0.4) is 0 Å². The van der Waals surface area contributed by atoms with Crippen LogP contribution in [0, 0.1) is 16.0 Å². The summed E-state index contributed by atoms with van der Waals surface area (Å²) < 4.78 is 46.5. The number of carbonyl (C=O) groups excluding carboxylic acids is 1. The number of nitrogens with zero attached hydrogens (tertiary/aromatic N) is 2. The summed E-state index contributed by atoms with van der Waals surface area (Å²) in [5, 5.41) is 12.2. The number of nitro groups is 1. The number of allylic oxidation sites excluding steroid dienone is 2. The minimum Gasteiger partial charge on any atom is -0.465 e. The van der Waals surface area contributed by atoms with Gasteiger partial charge in [0, 0.05) is 12.1 Å². The van der Waals surface area contributed by atoms with Crippen LogP contribution in [-0.2, 0) is 22.1 Å². The van der Waals surface area contributed by atoms with Gasteiger partial charge in [-0.05, 0) is 31.0 Å². The third-order valence-electron chi connectivity index (χ3n) is 5.24. The molecule has 0 saturated carbocycles. The molecule has 2 aromatic carbocycles. The maximum atomic E-state index is 13.8. The van der Waals surface area contributed by atoms with Crippen LogP contribution < -0.4 is 0 Å². The number of hydrogen-bond donors (Lipinski definition) is 0. The fourth-order valence-corrected chi connectivity index (χ4v) is 3.95. The minimum atomic E-state index is -4.76. The molecule has 3 rings (SSSR count). The van der Waals surface area contributed by atoms with Crippen LogP contribution in [-0.4, -0.2) is 23.2 Å². The van der Waals surface area contributed by atoms with E-state index in [0.29, 0.717) is 5.56 Å². The number of carbonyl (C=O) groups is 1. The van der Waals surface area contributed by atoms with Crippen LogP contribution in [0.2, 0.25) is 0 Å². The Labute approximate surface area is 182 Å². The second-order valence-electron chi connectivity index (χ2n) is 7.30. The van der Waals surface area contributed by atoms with Crippen molar-refractivity contribution in [2.24, 2.45) is 10.9 Å². The Morgan fingerprint density at radius 3 is 2.34 bits per heavy atom. The number of hydrogen-bond acceptors (Lipinski definition) is 5. The molecule has 1 aliphatic rings. The van der Waals surface area contributed by atoms with Crippen LogP contribution in [0.5, 0.6) is 0 Å². The van der Waals surface area contributed by atoms with Gasteiger partial charge in [0.05, 0.1) is 23.0 Å². The van der Waals surface area contributed by atoms with Gasteiger partial charge in [-0.25, -0.2) is 0 Å². The fraction of sp³-hybridized carbons (Fsp3) is 0.304. The van der Waals surface area contributed by atoms with Crippen LogP contribution in [0.15, 0.2) is 71.0 Å². The van der Waals surface area contributed by atoms with E-state index in [1.54, 1.807) is 37.3 Å². The predicted octanol–water partition coefficient (Wildman–Crippen LogP) is 5.17. The second-order valence-corrected chi connectivity index (χ2v) is 7.30. The zero-order valence-corrected chi connectivity index (χ0v) is 17.4. The first-order valence-corrected chi connectivity index (χ1v) is 9.94. The molecule has 1 aliphatic heterocycles. The summed E-state index contributed by atoms with van der Waals surface area (Å²) in [7, 11) is 0. The maximum absolute atomic E-state index is 13.8. The van der Waals surface area contributed by atoms with E-state index in [-0.39, 0.29) is 30.0 Å². The molecular weight excluding hydrogens is 425 g/mol. The van der Waals surface area contributed by atoms with E-state index in [9.17, 15) is 28.1 Å². The SMILES string of the molecule is CCOC(=O)C1C(C)=NC(Cc2ccccc2)=C([N+](=O)[O-])C1c1ccccc1C(F)(F)F. The van der Waals surface area contributed by atoms with Crippen molar-refractivity contribution in [3.63, 3.8) is 0 Å². The van der Waals surface area contributed by atoms with Gasteiger partial charge in [0.15, 0.2) is 0 Å². The van der Waals surface area contributed by atoms with E-state index >= 15 is 0 Å². The average molecular weight is 446 g/mol. The van der Waals surface area contributed by atoms with Gasteiger partial charge in [-0.2, -0.15) is 13.2 Å². The largest absolute Gasteiger partial charge is 0.465 e. The molecule has 32 heavy (non-hydrogen) atoms. The van der Waals surface area contributed by atoms with Crippen molar-refractivity contribution in [3.05, 3.63) is 92.8 Å². The lowest BCUT2D eigenvalue weighted by molar-refractivity contribution is -0.432. The molecule has 0 aromatic heterocycles. The zero-order valence-electron chi connectivity index (χ0n) is 17.4. The molecule has 2 aromatic rings. The van der Waals surface area contributed by atoms with E-state index in [1.807, 2.05) is 0 Å². The average Bonchev–Trinajstić information content (AvgIpc) is 2.73. The normalized spacial score (nSPS) is 18.8. The third-order valence-corrected chi connectivity index (χ3v) is 5.24. The molecule has 6 nitrogen and oxygen atoms in total. The van der Waals surface area contributed by atoms with E-state index in [2.05, 4.69) is 4.99 Å². The lowest BCUT2D eigenvalue weighted by atomic mass is 9.76. The van der Waals surface area contributed by atoms with Gasteiger partial charge >= 0.3 is 12.1 Å². The number of alkyl halides is 3. The van der Waals surface area contributed by atoms with Crippen molar-refractivity contribution < 1.29 is 27.6 Å². The standard InChI is InChI=1S/C23H21F3N2O4/c1-3-32-22(29)19-14(2)27-18(13-15-9-5-4-6-10-15)21(28(30)31)20(19)16-11-7-8-12-17(16)23(24,25)26/h4-12,19-20H,3,13H2,1-2H3. The number of ether oxygens (including phenoxy) is 1. The van der Waals surface area contributed by atoms with Gasteiger partial charge in [0.25, 0.3) is 5.70 Å². The van der Waals surface area contributed by atoms with Gasteiger partial charge < -0.3 is 4.74 Å². The first-order chi connectivity index (χ1) is 15.1. The predicted molar refractivity (Wildman–Crippen MR) is 112 cm³/mol. The molecule has 0 N–H and O–H groups in total. The molecule has 0 amide bonds. The van der Waals surface area contributed by atoms with E-state index < -0.39 is 40.2 Å². The highest BCUT2D eigenvalue weighted by atomic mass is 19.4. The third kappa shape index (κ3) is 4.71. The zero-order chi connectivity index (χ0) is 23.5. The Balaban J connectivity index is 2.27. The van der Waals surface area contributed by atoms with Gasteiger partial charge in [0.2, 0.25) is 0 Å². The van der Waals surface area contributed by atoms with Crippen LogP contribution in [0.1, 0.15) is 36.5 Å². The molecule has 1 heterocycles.